The number of nitrogens with one attached hydrogen (secondary N) is 3. The maximum Gasteiger partial charge on any atom is 0.283 e. The van der Waals surface area contributed by atoms with Gasteiger partial charge in [-0.15, -0.1) is 12.4 Å². The molecule has 1 aromatic carbocycles. The fourth-order valence-corrected chi connectivity index (χ4v) is 2.92. The van der Waals surface area contributed by atoms with Gasteiger partial charge in [-0.2, -0.15) is 0 Å². The molecule has 0 unspecified atom stereocenters. The minimum absolute atomic E-state index is 0. The Hall–Kier alpha value is -1.94. The van der Waals surface area contributed by atoms with Crippen molar-refractivity contribution >= 4 is 41.5 Å². The van der Waals surface area contributed by atoms with Gasteiger partial charge >= 0.3 is 0 Å². The number of nitro groups is 1. The SMILES string of the molecule is Cl.O=C(CNC(=O)c1c(Cl)cccc1[N+](=O)[O-])NCCCN1CCNCC1. The third-order valence-electron chi connectivity index (χ3n) is 4.01. The Kier molecular flexibility index (Phi) is 10.0. The molecule has 150 valence electrons. The summed E-state index contributed by atoms with van der Waals surface area (Å²) in [5, 5.41) is 19.3. The summed E-state index contributed by atoms with van der Waals surface area (Å²) in [6.45, 7) is 5.10. The van der Waals surface area contributed by atoms with Crippen LogP contribution < -0.4 is 16.0 Å². The van der Waals surface area contributed by atoms with Crippen LogP contribution in [0, 0.1) is 10.1 Å². The third kappa shape index (κ3) is 7.30. The number of piperazine rings is 1. The summed E-state index contributed by atoms with van der Waals surface area (Å²) in [7, 11) is 0. The number of hydrogen-bond donors (Lipinski definition) is 3. The van der Waals surface area contributed by atoms with Crippen LogP contribution in [-0.2, 0) is 4.79 Å². The summed E-state index contributed by atoms with van der Waals surface area (Å²) >= 11 is 5.88. The molecule has 0 aliphatic carbocycles. The summed E-state index contributed by atoms with van der Waals surface area (Å²) in [5.74, 6) is -1.10. The van der Waals surface area contributed by atoms with Crippen molar-refractivity contribution in [1.82, 2.24) is 20.9 Å². The Morgan fingerprint density at radius 3 is 2.63 bits per heavy atom. The highest BCUT2D eigenvalue weighted by molar-refractivity contribution is 6.34. The fraction of sp³-hybridized carbons (Fsp3) is 0.500. The Balaban J connectivity index is 0.00000364. The van der Waals surface area contributed by atoms with Crippen molar-refractivity contribution in [1.29, 1.82) is 0 Å². The zero-order valence-corrected chi connectivity index (χ0v) is 16.3. The summed E-state index contributed by atoms with van der Waals surface area (Å²) < 4.78 is 0. The molecule has 1 saturated heterocycles. The molecule has 11 heteroatoms. The number of halogens is 2. The largest absolute Gasteiger partial charge is 0.355 e. The van der Waals surface area contributed by atoms with Crippen LogP contribution in [-0.4, -0.2) is 67.5 Å². The van der Waals surface area contributed by atoms with Crippen LogP contribution in [0.1, 0.15) is 16.8 Å². The summed E-state index contributed by atoms with van der Waals surface area (Å²) in [4.78, 5) is 36.6. The molecule has 3 N–H and O–H groups in total. The summed E-state index contributed by atoms with van der Waals surface area (Å²) in [5.41, 5.74) is -0.642. The van der Waals surface area contributed by atoms with E-state index >= 15 is 0 Å². The van der Waals surface area contributed by atoms with Crippen molar-refractivity contribution in [2.75, 3.05) is 45.8 Å². The van der Waals surface area contributed by atoms with E-state index < -0.39 is 16.5 Å². The Morgan fingerprint density at radius 1 is 1.26 bits per heavy atom. The summed E-state index contributed by atoms with van der Waals surface area (Å²) in [6.07, 6.45) is 0.815. The van der Waals surface area contributed by atoms with Crippen LogP contribution in [0.4, 0.5) is 5.69 Å². The van der Waals surface area contributed by atoms with Gasteiger partial charge in [-0.25, -0.2) is 0 Å². The number of nitro benzene ring substituents is 1. The smallest absolute Gasteiger partial charge is 0.283 e. The first-order valence-electron chi connectivity index (χ1n) is 8.40. The molecule has 0 saturated carbocycles. The monoisotopic (exact) mass is 419 g/mol. The predicted octanol–water partition coefficient (Wildman–Crippen LogP) is 0.811. The van der Waals surface area contributed by atoms with Crippen molar-refractivity contribution < 1.29 is 14.5 Å². The van der Waals surface area contributed by atoms with Crippen LogP contribution in [0.25, 0.3) is 0 Å². The van der Waals surface area contributed by atoms with Crippen molar-refractivity contribution in [3.05, 3.63) is 38.9 Å². The maximum atomic E-state index is 12.1. The Morgan fingerprint density at radius 2 is 1.96 bits per heavy atom. The normalized spacial score (nSPS) is 14.1. The lowest BCUT2D eigenvalue weighted by atomic mass is 10.1. The van der Waals surface area contributed by atoms with E-state index in [1.54, 1.807) is 0 Å². The van der Waals surface area contributed by atoms with Crippen LogP contribution >= 0.6 is 24.0 Å². The zero-order chi connectivity index (χ0) is 18.9. The van der Waals surface area contributed by atoms with E-state index in [0.29, 0.717) is 6.54 Å². The van der Waals surface area contributed by atoms with Crippen molar-refractivity contribution in [2.45, 2.75) is 6.42 Å². The van der Waals surface area contributed by atoms with Crippen LogP contribution in [0.15, 0.2) is 18.2 Å². The number of benzene rings is 1. The van der Waals surface area contributed by atoms with Gasteiger partial charge in [-0.1, -0.05) is 17.7 Å². The lowest BCUT2D eigenvalue weighted by Crippen LogP contribution is -2.44. The highest BCUT2D eigenvalue weighted by Gasteiger charge is 2.23. The first-order chi connectivity index (χ1) is 12.5. The lowest BCUT2D eigenvalue weighted by Gasteiger charge is -2.27. The molecule has 9 nitrogen and oxygen atoms in total. The van der Waals surface area contributed by atoms with Gasteiger partial charge in [0.2, 0.25) is 5.91 Å². The number of nitrogens with zero attached hydrogens (tertiary/aromatic N) is 2. The van der Waals surface area contributed by atoms with Gasteiger partial charge in [-0.3, -0.25) is 19.7 Å². The lowest BCUT2D eigenvalue weighted by molar-refractivity contribution is -0.385. The highest BCUT2D eigenvalue weighted by atomic mass is 35.5. The van der Waals surface area contributed by atoms with Gasteiger partial charge in [0.25, 0.3) is 11.6 Å². The van der Waals surface area contributed by atoms with Gasteiger partial charge in [0.1, 0.15) is 5.56 Å². The first-order valence-corrected chi connectivity index (χ1v) is 8.77. The molecule has 1 fully saturated rings. The molecule has 0 aromatic heterocycles. The average Bonchev–Trinajstić information content (AvgIpc) is 2.64. The molecule has 2 amide bonds. The van der Waals surface area contributed by atoms with E-state index in [4.69, 9.17) is 11.6 Å². The molecule has 27 heavy (non-hydrogen) atoms. The average molecular weight is 420 g/mol. The number of hydrogen-bond acceptors (Lipinski definition) is 6. The molecular formula is C16H23Cl2N5O4. The van der Waals surface area contributed by atoms with E-state index in [2.05, 4.69) is 20.9 Å². The van der Waals surface area contributed by atoms with Crippen molar-refractivity contribution in [3.8, 4) is 0 Å². The van der Waals surface area contributed by atoms with Gasteiger partial charge in [-0.05, 0) is 19.0 Å². The molecule has 2 rings (SSSR count). The molecule has 0 atom stereocenters. The topological polar surface area (TPSA) is 117 Å². The van der Waals surface area contributed by atoms with Crippen molar-refractivity contribution in [2.24, 2.45) is 0 Å². The maximum absolute atomic E-state index is 12.1. The van der Waals surface area contributed by atoms with Gasteiger partial charge in [0.15, 0.2) is 0 Å². The number of carbonyl (C=O) groups is 2. The van der Waals surface area contributed by atoms with E-state index in [9.17, 15) is 19.7 Å². The van der Waals surface area contributed by atoms with E-state index in [-0.39, 0.29) is 35.4 Å². The standard InChI is InChI=1S/C16H22ClN5O4.ClH/c17-12-3-1-4-13(22(25)26)15(12)16(24)20-11-14(23)19-5-2-8-21-9-6-18-7-10-21;/h1,3-4,18H,2,5-11H2,(H,19,23)(H,20,24);1H. The van der Waals surface area contributed by atoms with Crippen LogP contribution in [0.5, 0.6) is 0 Å². The van der Waals surface area contributed by atoms with Gasteiger partial charge in [0, 0.05) is 38.8 Å². The molecule has 1 aromatic rings. The second-order valence-corrected chi connectivity index (χ2v) is 6.28. The minimum atomic E-state index is -0.752. The zero-order valence-electron chi connectivity index (χ0n) is 14.7. The molecule has 1 aliphatic heterocycles. The Labute approximate surface area is 168 Å². The molecule has 0 spiro atoms. The predicted molar refractivity (Wildman–Crippen MR) is 105 cm³/mol. The van der Waals surface area contributed by atoms with Gasteiger partial charge < -0.3 is 20.9 Å². The molecule has 1 aliphatic rings. The van der Waals surface area contributed by atoms with Crippen LogP contribution in [0.3, 0.4) is 0 Å². The van der Waals surface area contributed by atoms with Crippen LogP contribution in [0.2, 0.25) is 5.02 Å². The van der Waals surface area contributed by atoms with E-state index in [1.807, 2.05) is 0 Å². The van der Waals surface area contributed by atoms with E-state index in [0.717, 1.165) is 39.1 Å². The molecular weight excluding hydrogens is 397 g/mol. The third-order valence-corrected chi connectivity index (χ3v) is 4.32. The quantitative estimate of drug-likeness (QED) is 0.326. The number of rotatable bonds is 8. The Bertz CT molecular complexity index is 668. The number of amides is 2. The minimum Gasteiger partial charge on any atom is -0.355 e. The molecule has 1 heterocycles. The fourth-order valence-electron chi connectivity index (χ4n) is 2.67. The summed E-state index contributed by atoms with van der Waals surface area (Å²) in [6, 6.07) is 3.97. The second kappa shape index (κ2) is 11.7. The number of carbonyl (C=O) groups excluding carboxylic acids is 2. The molecule has 0 radical (unpaired) electrons. The van der Waals surface area contributed by atoms with Crippen molar-refractivity contribution in [3.63, 3.8) is 0 Å². The highest BCUT2D eigenvalue weighted by Crippen LogP contribution is 2.25. The molecule has 0 bridgehead atoms. The first kappa shape index (κ1) is 23.1. The second-order valence-electron chi connectivity index (χ2n) is 5.87. The van der Waals surface area contributed by atoms with E-state index in [1.165, 1.54) is 18.2 Å². The van der Waals surface area contributed by atoms with Gasteiger partial charge in [0.05, 0.1) is 16.5 Å².